The van der Waals surface area contributed by atoms with Crippen LogP contribution in [0, 0.1) is 0 Å². The first-order valence-electron chi connectivity index (χ1n) is 6.17. The van der Waals surface area contributed by atoms with Gasteiger partial charge in [0, 0.05) is 12.0 Å². The highest BCUT2D eigenvalue weighted by molar-refractivity contribution is 8.33. The lowest BCUT2D eigenvalue weighted by Gasteiger charge is -2.38. The van der Waals surface area contributed by atoms with E-state index in [1.54, 1.807) is 13.3 Å². The molecule has 1 aromatic rings. The van der Waals surface area contributed by atoms with Crippen LogP contribution in [0.4, 0.5) is 0 Å². The maximum atomic E-state index is 6.04. The number of ether oxygens (including phenoxy) is 2. The molecule has 0 fully saturated rings. The van der Waals surface area contributed by atoms with Gasteiger partial charge in [-0.2, -0.15) is 0 Å². The lowest BCUT2D eigenvalue weighted by molar-refractivity contribution is 0.0488. The molecule has 104 valence electrons. The number of hydrogen-bond acceptors (Lipinski definition) is 3. The third kappa shape index (κ3) is 3.31. The van der Waals surface area contributed by atoms with E-state index in [-0.39, 0.29) is 6.79 Å². The van der Waals surface area contributed by atoms with Gasteiger partial charge in [-0.3, -0.25) is 0 Å². The molecule has 0 aromatic carbocycles. The van der Waals surface area contributed by atoms with Gasteiger partial charge in [0.2, 0.25) is 0 Å². The summed E-state index contributed by atoms with van der Waals surface area (Å²) in [7, 11) is 0.736. The number of nitrogens with zero attached hydrogens (tertiary/aromatic N) is 1. The van der Waals surface area contributed by atoms with Gasteiger partial charge < -0.3 is 9.47 Å². The molecule has 0 saturated carbocycles. The molecule has 0 unspecified atom stereocenters. The second kappa shape index (κ2) is 7.22. The van der Waals surface area contributed by atoms with Crippen molar-refractivity contribution < 1.29 is 9.47 Å². The van der Waals surface area contributed by atoms with E-state index >= 15 is 0 Å². The van der Waals surface area contributed by atoms with Gasteiger partial charge in [-0.25, -0.2) is 15.0 Å². The Bertz CT molecular complexity index is 375. The fourth-order valence-corrected chi connectivity index (χ4v) is 5.33. The van der Waals surface area contributed by atoms with Crippen LogP contribution in [0.5, 0.6) is 5.75 Å². The third-order valence-electron chi connectivity index (χ3n) is 3.25. The molecule has 0 N–H and O–H groups in total. The van der Waals surface area contributed by atoms with E-state index < -0.39 is 10.0 Å². The van der Waals surface area contributed by atoms with E-state index in [1.165, 1.54) is 4.90 Å². The second-order valence-electron chi connectivity index (χ2n) is 3.92. The summed E-state index contributed by atoms with van der Waals surface area (Å²) in [5.41, 5.74) is 0. The van der Waals surface area contributed by atoms with Crippen molar-refractivity contribution in [1.82, 2.24) is 4.98 Å². The fraction of sp³-hybridized carbons (Fsp3) is 0.615. The van der Waals surface area contributed by atoms with Crippen molar-refractivity contribution in [2.24, 2.45) is 0 Å². The van der Waals surface area contributed by atoms with Crippen LogP contribution in [0.3, 0.4) is 0 Å². The van der Waals surface area contributed by atoms with Gasteiger partial charge in [0.15, 0.2) is 12.5 Å². The molecule has 0 spiro atoms. The first-order chi connectivity index (χ1) is 8.63. The van der Waals surface area contributed by atoms with Crippen LogP contribution in [0.2, 0.25) is 5.15 Å². The van der Waals surface area contributed by atoms with Crippen molar-refractivity contribution in [2.75, 3.05) is 31.2 Å². The van der Waals surface area contributed by atoms with Gasteiger partial charge in [-0.1, -0.05) is 32.4 Å². The molecule has 0 aliphatic heterocycles. The maximum absolute atomic E-state index is 6.04. The SMILES string of the molecule is CCS(CC)(CC)c1cc(Cl)ncc1OCOC. The minimum absolute atomic E-state index is 0.239. The summed E-state index contributed by atoms with van der Waals surface area (Å²) in [6, 6.07) is 1.96. The second-order valence-corrected chi connectivity index (χ2v) is 8.57. The zero-order valence-electron chi connectivity index (χ0n) is 11.5. The Kier molecular flexibility index (Phi) is 6.26. The third-order valence-corrected chi connectivity index (χ3v) is 8.03. The number of rotatable bonds is 7. The Morgan fingerprint density at radius 1 is 1.22 bits per heavy atom. The van der Waals surface area contributed by atoms with E-state index in [4.69, 9.17) is 21.1 Å². The summed E-state index contributed by atoms with van der Waals surface area (Å²) in [6.45, 7) is 6.94. The molecule has 18 heavy (non-hydrogen) atoms. The van der Waals surface area contributed by atoms with Crippen LogP contribution in [0.15, 0.2) is 17.2 Å². The molecule has 3 nitrogen and oxygen atoms in total. The van der Waals surface area contributed by atoms with E-state index in [2.05, 4.69) is 25.8 Å². The number of aromatic nitrogens is 1. The largest absolute Gasteiger partial charge is 0.465 e. The molecule has 0 amide bonds. The van der Waals surface area contributed by atoms with Crippen molar-refractivity contribution >= 4 is 21.6 Å². The summed E-state index contributed by atoms with van der Waals surface area (Å²) in [6.07, 6.45) is 1.71. The fourth-order valence-electron chi connectivity index (χ4n) is 2.05. The molecular weight excluding hydrogens is 270 g/mol. The monoisotopic (exact) mass is 291 g/mol. The molecular formula is C13H22ClNO2S. The number of pyridine rings is 1. The first kappa shape index (κ1) is 15.6. The lowest BCUT2D eigenvalue weighted by Crippen LogP contribution is -2.12. The van der Waals surface area contributed by atoms with Crippen molar-refractivity contribution in [3.8, 4) is 5.75 Å². The van der Waals surface area contributed by atoms with Crippen LogP contribution in [0.1, 0.15) is 20.8 Å². The summed E-state index contributed by atoms with van der Waals surface area (Å²) < 4.78 is 10.6. The molecule has 1 heterocycles. The predicted octanol–water partition coefficient (Wildman–Crippen LogP) is 3.94. The van der Waals surface area contributed by atoms with Crippen LogP contribution >= 0.6 is 21.6 Å². The van der Waals surface area contributed by atoms with Crippen LogP contribution in [-0.4, -0.2) is 36.1 Å². The summed E-state index contributed by atoms with van der Waals surface area (Å²) in [5, 5.41) is 0.530. The summed E-state index contributed by atoms with van der Waals surface area (Å²) in [4.78, 5) is 5.32. The summed E-state index contributed by atoms with van der Waals surface area (Å²) >= 11 is 6.04. The van der Waals surface area contributed by atoms with E-state index in [9.17, 15) is 0 Å². The molecule has 1 aromatic heterocycles. The zero-order valence-corrected chi connectivity index (χ0v) is 13.1. The highest BCUT2D eigenvalue weighted by Crippen LogP contribution is 2.58. The van der Waals surface area contributed by atoms with Gasteiger partial charge >= 0.3 is 0 Å². The molecule has 0 aliphatic rings. The van der Waals surface area contributed by atoms with Crippen molar-refractivity contribution in [2.45, 2.75) is 25.7 Å². The topological polar surface area (TPSA) is 31.4 Å². The molecule has 0 bridgehead atoms. The van der Waals surface area contributed by atoms with Crippen LogP contribution in [0.25, 0.3) is 0 Å². The average Bonchev–Trinajstić information content (AvgIpc) is 2.40. The Morgan fingerprint density at radius 2 is 1.83 bits per heavy atom. The van der Waals surface area contributed by atoms with Crippen LogP contribution < -0.4 is 4.74 Å². The molecule has 0 atom stereocenters. The average molecular weight is 292 g/mol. The molecule has 5 heteroatoms. The standard InChI is InChI=1S/C13H22ClNO2S/c1-5-18(6-2,7-3)12-8-13(14)15-9-11(12)17-10-16-4/h8-9H,5-7,10H2,1-4H3. The minimum Gasteiger partial charge on any atom is -0.465 e. The Hall–Kier alpha value is -0.450. The zero-order chi connectivity index (χ0) is 13.6. The molecule has 0 saturated heterocycles. The van der Waals surface area contributed by atoms with E-state index in [0.717, 1.165) is 23.0 Å². The predicted molar refractivity (Wildman–Crippen MR) is 79.2 cm³/mol. The van der Waals surface area contributed by atoms with Gasteiger partial charge in [0.1, 0.15) is 5.15 Å². The van der Waals surface area contributed by atoms with Gasteiger partial charge in [0.25, 0.3) is 0 Å². The summed E-state index contributed by atoms with van der Waals surface area (Å²) in [5.74, 6) is 4.19. The number of hydrogen-bond donors (Lipinski definition) is 0. The Labute approximate surface area is 116 Å². The normalized spacial score (nSPS) is 12.5. The Balaban J connectivity index is 3.21. The Morgan fingerprint density at radius 3 is 2.33 bits per heavy atom. The van der Waals surface area contributed by atoms with Crippen molar-refractivity contribution in [1.29, 1.82) is 0 Å². The number of methoxy groups -OCH3 is 1. The van der Waals surface area contributed by atoms with E-state index in [0.29, 0.717) is 5.15 Å². The van der Waals surface area contributed by atoms with Gasteiger partial charge in [-0.05, 0) is 23.3 Å². The van der Waals surface area contributed by atoms with Gasteiger partial charge in [0.05, 0.1) is 6.20 Å². The quantitative estimate of drug-likeness (QED) is 0.563. The van der Waals surface area contributed by atoms with Crippen LogP contribution in [-0.2, 0) is 4.74 Å². The maximum Gasteiger partial charge on any atom is 0.188 e. The van der Waals surface area contributed by atoms with Gasteiger partial charge in [-0.15, -0.1) is 0 Å². The lowest BCUT2D eigenvalue weighted by atomic mass is 10.4. The van der Waals surface area contributed by atoms with Crippen molar-refractivity contribution in [3.05, 3.63) is 17.4 Å². The first-order valence-corrected chi connectivity index (χ1v) is 8.69. The molecule has 0 aliphatic carbocycles. The van der Waals surface area contributed by atoms with Crippen molar-refractivity contribution in [3.63, 3.8) is 0 Å². The number of halogens is 1. The smallest absolute Gasteiger partial charge is 0.188 e. The molecule has 0 radical (unpaired) electrons. The van der Waals surface area contributed by atoms with E-state index in [1.807, 2.05) is 6.07 Å². The highest BCUT2D eigenvalue weighted by atomic mass is 35.5. The minimum atomic E-state index is -0.878. The molecule has 1 rings (SSSR count). The highest BCUT2D eigenvalue weighted by Gasteiger charge is 2.25.